The molecule has 0 aromatic rings. The molecule has 236 valence electrons. The van der Waals surface area contributed by atoms with Crippen molar-refractivity contribution in [3.8, 4) is 0 Å². The lowest BCUT2D eigenvalue weighted by Crippen LogP contribution is -2.60. The molecule has 0 bridgehead atoms. The number of likely N-dealkylation sites (tertiary alicyclic amines) is 2. The Labute approximate surface area is 245 Å². The van der Waals surface area contributed by atoms with Crippen molar-refractivity contribution in [2.24, 2.45) is 29.6 Å². The van der Waals surface area contributed by atoms with E-state index in [-0.39, 0.29) is 52.8 Å². The van der Waals surface area contributed by atoms with Gasteiger partial charge >= 0.3 is 0 Å². The third-order valence-corrected chi connectivity index (χ3v) is 9.12. The fourth-order valence-corrected chi connectivity index (χ4v) is 7.04. The number of carbonyl (C=O) groups excluding carboxylic acids is 3. The maximum absolute atomic E-state index is 14.2. The standard InChI is InChI=1S/C30H55FN6O4/c1-18(2)27(39)35-30(5)12-21(14-37(7)17-30)10-19(3)28(40)34-25-16-36(6)15-22(26(25)38)11-20(4)29(41)33-24-13-32-9-8-23(24)31/h18-26,32,38H,8-17H2,1-7H3,(H,33,41)(H,34,40)(H,35,39). The molecular weight excluding hydrogens is 527 g/mol. The summed E-state index contributed by atoms with van der Waals surface area (Å²) in [5, 5.41) is 23.5. The Morgan fingerprint density at radius 1 is 0.951 bits per heavy atom. The normalized spacial score (nSPS) is 35.0. The zero-order chi connectivity index (χ0) is 30.5. The average Bonchev–Trinajstić information content (AvgIpc) is 2.87. The van der Waals surface area contributed by atoms with E-state index in [1.807, 2.05) is 41.8 Å². The van der Waals surface area contributed by atoms with Gasteiger partial charge in [-0.2, -0.15) is 0 Å². The smallest absolute Gasteiger partial charge is 0.223 e. The lowest BCUT2D eigenvalue weighted by molar-refractivity contribution is -0.130. The highest BCUT2D eigenvalue weighted by molar-refractivity contribution is 5.79. The van der Waals surface area contributed by atoms with E-state index < -0.39 is 24.4 Å². The van der Waals surface area contributed by atoms with Crippen LogP contribution in [0.4, 0.5) is 4.39 Å². The second kappa shape index (κ2) is 14.6. The fraction of sp³-hybridized carbons (Fsp3) is 0.900. The molecule has 0 radical (unpaired) electrons. The minimum absolute atomic E-state index is 0.0432. The summed E-state index contributed by atoms with van der Waals surface area (Å²) in [5.74, 6) is -0.920. The second-order valence-corrected chi connectivity index (χ2v) is 14.0. The molecule has 3 aliphatic rings. The number of hydrogen-bond donors (Lipinski definition) is 5. The predicted molar refractivity (Wildman–Crippen MR) is 158 cm³/mol. The molecule has 3 fully saturated rings. The molecule has 3 heterocycles. The van der Waals surface area contributed by atoms with Crippen LogP contribution in [0.15, 0.2) is 0 Å². The van der Waals surface area contributed by atoms with E-state index in [4.69, 9.17) is 0 Å². The van der Waals surface area contributed by atoms with E-state index in [0.717, 1.165) is 19.5 Å². The van der Waals surface area contributed by atoms with Gasteiger partial charge in [0.2, 0.25) is 17.7 Å². The zero-order valence-corrected chi connectivity index (χ0v) is 26.2. The molecule has 0 aromatic carbocycles. The predicted octanol–water partition coefficient (Wildman–Crippen LogP) is 0.745. The first-order chi connectivity index (χ1) is 19.2. The quantitative estimate of drug-likeness (QED) is 0.257. The van der Waals surface area contributed by atoms with Crippen molar-refractivity contribution >= 4 is 17.7 Å². The van der Waals surface area contributed by atoms with Crippen LogP contribution in [0.5, 0.6) is 0 Å². The number of carbonyl (C=O) groups is 3. The van der Waals surface area contributed by atoms with Gasteiger partial charge in [0.25, 0.3) is 0 Å². The Hall–Kier alpha value is -1.82. The summed E-state index contributed by atoms with van der Waals surface area (Å²) in [6, 6.07) is -0.967. The van der Waals surface area contributed by atoms with Gasteiger partial charge in [0, 0.05) is 56.4 Å². The van der Waals surface area contributed by atoms with Crippen molar-refractivity contribution in [2.45, 2.75) is 90.2 Å². The summed E-state index contributed by atoms with van der Waals surface area (Å²) in [4.78, 5) is 42.8. The van der Waals surface area contributed by atoms with E-state index in [9.17, 15) is 23.9 Å². The number of nitrogens with zero attached hydrogens (tertiary/aromatic N) is 2. The van der Waals surface area contributed by atoms with Crippen LogP contribution in [0.3, 0.4) is 0 Å². The van der Waals surface area contributed by atoms with Crippen LogP contribution in [0.1, 0.15) is 60.3 Å². The molecular formula is C30H55FN6O4. The van der Waals surface area contributed by atoms with Gasteiger partial charge in [0.05, 0.1) is 23.7 Å². The number of rotatable bonds is 10. The molecule has 0 saturated carbocycles. The van der Waals surface area contributed by atoms with Crippen molar-refractivity contribution in [3.63, 3.8) is 0 Å². The molecule has 9 atom stereocenters. The summed E-state index contributed by atoms with van der Waals surface area (Å²) in [6.45, 7) is 13.4. The highest BCUT2D eigenvalue weighted by Gasteiger charge is 2.40. The number of alkyl halides is 1. The maximum Gasteiger partial charge on any atom is 0.223 e. The van der Waals surface area contributed by atoms with Gasteiger partial charge in [-0.3, -0.25) is 14.4 Å². The molecule has 9 unspecified atom stereocenters. The van der Waals surface area contributed by atoms with E-state index in [2.05, 4.69) is 38.0 Å². The number of aliphatic hydroxyl groups is 1. The molecule has 0 aliphatic carbocycles. The number of hydrogen-bond acceptors (Lipinski definition) is 7. The van der Waals surface area contributed by atoms with Crippen molar-refractivity contribution in [1.29, 1.82) is 0 Å². The zero-order valence-electron chi connectivity index (χ0n) is 26.2. The topological polar surface area (TPSA) is 126 Å². The minimum Gasteiger partial charge on any atom is -0.391 e. The third kappa shape index (κ3) is 9.59. The Morgan fingerprint density at radius 2 is 1.59 bits per heavy atom. The van der Waals surface area contributed by atoms with Crippen LogP contribution in [-0.4, -0.2) is 116 Å². The summed E-state index contributed by atoms with van der Waals surface area (Å²) in [5.41, 5.74) is -0.341. The van der Waals surface area contributed by atoms with E-state index in [1.165, 1.54) is 0 Å². The lowest BCUT2D eigenvalue weighted by atomic mass is 9.79. The van der Waals surface area contributed by atoms with Gasteiger partial charge in [-0.25, -0.2) is 4.39 Å². The number of nitrogens with one attached hydrogen (secondary N) is 4. The van der Waals surface area contributed by atoms with Crippen LogP contribution in [0.2, 0.25) is 0 Å². The summed E-state index contributed by atoms with van der Waals surface area (Å²) >= 11 is 0. The molecule has 5 N–H and O–H groups in total. The molecule has 0 aromatic heterocycles. The van der Waals surface area contributed by atoms with E-state index in [0.29, 0.717) is 45.4 Å². The van der Waals surface area contributed by atoms with Crippen LogP contribution in [0.25, 0.3) is 0 Å². The van der Waals surface area contributed by atoms with Crippen molar-refractivity contribution in [3.05, 3.63) is 0 Å². The summed E-state index contributed by atoms with van der Waals surface area (Å²) in [7, 11) is 4.01. The highest BCUT2D eigenvalue weighted by Crippen LogP contribution is 2.30. The Balaban J connectivity index is 1.53. The minimum atomic E-state index is -1.05. The molecule has 3 rings (SSSR count). The van der Waals surface area contributed by atoms with E-state index in [1.54, 1.807) is 0 Å². The Kier molecular flexibility index (Phi) is 12.0. The van der Waals surface area contributed by atoms with Crippen LogP contribution in [-0.2, 0) is 14.4 Å². The first-order valence-corrected chi connectivity index (χ1v) is 15.5. The number of halogens is 1. The van der Waals surface area contributed by atoms with Gasteiger partial charge in [-0.05, 0) is 59.2 Å². The molecule has 0 spiro atoms. The SMILES string of the molecule is CC(C)C(=O)NC1(C)CC(CC(C)C(=O)NC2CN(C)CC(CC(C)C(=O)NC3CNCCC3F)C2O)CN(C)C1. The van der Waals surface area contributed by atoms with Gasteiger partial charge < -0.3 is 36.2 Å². The van der Waals surface area contributed by atoms with Crippen molar-refractivity contribution in [1.82, 2.24) is 31.1 Å². The monoisotopic (exact) mass is 582 g/mol. The lowest BCUT2D eigenvalue weighted by Gasteiger charge is -2.44. The van der Waals surface area contributed by atoms with Crippen LogP contribution < -0.4 is 21.3 Å². The van der Waals surface area contributed by atoms with Crippen molar-refractivity contribution < 1.29 is 23.9 Å². The fourth-order valence-electron chi connectivity index (χ4n) is 7.04. The van der Waals surface area contributed by atoms with E-state index >= 15 is 0 Å². The third-order valence-electron chi connectivity index (χ3n) is 9.12. The number of amides is 3. The van der Waals surface area contributed by atoms with Gasteiger partial charge in [0.15, 0.2) is 0 Å². The number of likely N-dealkylation sites (N-methyl/N-ethyl adjacent to an activating group) is 2. The number of aliphatic hydroxyl groups excluding tert-OH is 1. The second-order valence-electron chi connectivity index (χ2n) is 14.0. The average molecular weight is 583 g/mol. The van der Waals surface area contributed by atoms with Crippen LogP contribution >= 0.6 is 0 Å². The van der Waals surface area contributed by atoms with Gasteiger partial charge in [-0.1, -0.05) is 27.7 Å². The molecule has 3 aliphatic heterocycles. The van der Waals surface area contributed by atoms with Gasteiger partial charge in [0.1, 0.15) is 6.17 Å². The molecule has 11 heteroatoms. The summed E-state index contributed by atoms with van der Waals surface area (Å²) < 4.78 is 14.2. The maximum atomic E-state index is 14.2. The molecule has 10 nitrogen and oxygen atoms in total. The number of piperidine rings is 3. The molecule has 3 saturated heterocycles. The Bertz CT molecular complexity index is 908. The molecule has 3 amide bonds. The largest absolute Gasteiger partial charge is 0.391 e. The molecule has 41 heavy (non-hydrogen) atoms. The van der Waals surface area contributed by atoms with Crippen molar-refractivity contribution in [2.75, 3.05) is 53.4 Å². The van der Waals surface area contributed by atoms with Gasteiger partial charge in [-0.15, -0.1) is 0 Å². The summed E-state index contributed by atoms with van der Waals surface area (Å²) in [6.07, 6.45) is 0.501. The highest BCUT2D eigenvalue weighted by atomic mass is 19.1. The first-order valence-electron chi connectivity index (χ1n) is 15.5. The van der Waals surface area contributed by atoms with Crippen LogP contribution in [0, 0.1) is 29.6 Å². The Morgan fingerprint density at radius 3 is 2.22 bits per heavy atom. The first kappa shape index (κ1) is 33.7.